The minimum Gasteiger partial charge on any atom is -0.349 e. The van der Waals surface area contributed by atoms with Crippen LogP contribution in [0.5, 0.6) is 0 Å². The van der Waals surface area contributed by atoms with Crippen LogP contribution in [-0.4, -0.2) is 34.0 Å². The van der Waals surface area contributed by atoms with E-state index in [9.17, 15) is 4.79 Å². The highest BCUT2D eigenvalue weighted by Crippen LogP contribution is 2.23. The van der Waals surface area contributed by atoms with Crippen LogP contribution in [0.25, 0.3) is 11.4 Å². The van der Waals surface area contributed by atoms with Crippen molar-refractivity contribution in [2.75, 3.05) is 13.1 Å². The van der Waals surface area contributed by atoms with Gasteiger partial charge in [-0.1, -0.05) is 53.2 Å². The number of rotatable bonds is 6. The summed E-state index contributed by atoms with van der Waals surface area (Å²) in [7, 11) is 0. The van der Waals surface area contributed by atoms with Gasteiger partial charge in [0.2, 0.25) is 17.6 Å². The summed E-state index contributed by atoms with van der Waals surface area (Å²) >= 11 is 6.04. The Labute approximate surface area is 187 Å². The molecule has 31 heavy (non-hydrogen) atoms. The van der Waals surface area contributed by atoms with Crippen molar-refractivity contribution in [1.82, 2.24) is 20.4 Å². The molecule has 7 heteroatoms. The number of nitrogens with zero attached hydrogens (tertiary/aromatic N) is 3. The summed E-state index contributed by atoms with van der Waals surface area (Å²) in [5.74, 6) is 1.28. The molecular weight excluding hydrogens is 412 g/mol. The largest absolute Gasteiger partial charge is 0.349 e. The number of aryl methyl sites for hydroxylation is 1. The van der Waals surface area contributed by atoms with E-state index in [1.54, 1.807) is 0 Å². The first kappa shape index (κ1) is 21.5. The summed E-state index contributed by atoms with van der Waals surface area (Å²) < 4.78 is 5.42. The third-order valence-electron chi connectivity index (χ3n) is 5.88. The lowest BCUT2D eigenvalue weighted by Crippen LogP contribution is -2.41. The Balaban J connectivity index is 1.28. The maximum Gasteiger partial charge on any atom is 0.241 e. The molecule has 1 amide bonds. The summed E-state index contributed by atoms with van der Waals surface area (Å²) in [4.78, 5) is 19.5. The van der Waals surface area contributed by atoms with Crippen LogP contribution >= 0.6 is 11.6 Å². The fourth-order valence-corrected chi connectivity index (χ4v) is 4.28. The molecule has 2 aromatic carbocycles. The molecule has 1 unspecified atom stereocenters. The van der Waals surface area contributed by atoms with Gasteiger partial charge in [-0.2, -0.15) is 4.98 Å². The molecule has 0 radical (unpaired) electrons. The van der Waals surface area contributed by atoms with Gasteiger partial charge in [-0.15, -0.1) is 0 Å². The Morgan fingerprint density at radius 2 is 2.00 bits per heavy atom. The lowest BCUT2D eigenvalue weighted by atomic mass is 9.94. The highest BCUT2D eigenvalue weighted by molar-refractivity contribution is 6.30. The van der Waals surface area contributed by atoms with Crippen molar-refractivity contribution >= 4 is 17.5 Å². The standard InChI is InChI=1S/C24H27ClN4O2/c1-16-6-3-4-9-21(16)17(2)26-24(30)18-10-12-29(13-11-18)15-22-27-23(28-31-22)19-7-5-8-20(25)14-19/h3-9,14,17-18H,10-13,15H2,1-2H3,(H,26,30). The van der Waals surface area contributed by atoms with Gasteiger partial charge >= 0.3 is 0 Å². The highest BCUT2D eigenvalue weighted by atomic mass is 35.5. The van der Waals surface area contributed by atoms with Crippen LogP contribution in [-0.2, 0) is 11.3 Å². The summed E-state index contributed by atoms with van der Waals surface area (Å²) in [5, 5.41) is 7.90. The number of piperidine rings is 1. The van der Waals surface area contributed by atoms with Gasteiger partial charge < -0.3 is 9.84 Å². The molecule has 4 rings (SSSR count). The van der Waals surface area contributed by atoms with E-state index in [4.69, 9.17) is 16.1 Å². The predicted octanol–water partition coefficient (Wildman–Crippen LogP) is 4.79. The Kier molecular flexibility index (Phi) is 6.68. The molecule has 1 fully saturated rings. The molecular formula is C24H27ClN4O2. The van der Waals surface area contributed by atoms with Gasteiger partial charge in [-0.3, -0.25) is 9.69 Å². The first-order valence-electron chi connectivity index (χ1n) is 10.7. The van der Waals surface area contributed by atoms with Crippen LogP contribution in [0.1, 0.15) is 42.8 Å². The molecule has 1 aromatic heterocycles. The molecule has 3 aromatic rings. The van der Waals surface area contributed by atoms with E-state index in [2.05, 4.69) is 39.4 Å². The lowest BCUT2D eigenvalue weighted by molar-refractivity contribution is -0.127. The number of amides is 1. The number of aromatic nitrogens is 2. The van der Waals surface area contributed by atoms with Crippen molar-refractivity contribution in [1.29, 1.82) is 0 Å². The zero-order valence-corrected chi connectivity index (χ0v) is 18.6. The first-order valence-corrected chi connectivity index (χ1v) is 11.0. The average Bonchev–Trinajstić information content (AvgIpc) is 3.23. The summed E-state index contributed by atoms with van der Waals surface area (Å²) in [6.45, 7) is 6.35. The van der Waals surface area contributed by atoms with Gasteiger partial charge in [-0.25, -0.2) is 0 Å². The normalized spacial score (nSPS) is 16.2. The number of halogens is 1. The molecule has 1 aliphatic heterocycles. The van der Waals surface area contributed by atoms with Crippen molar-refractivity contribution in [2.45, 2.75) is 39.3 Å². The van der Waals surface area contributed by atoms with E-state index >= 15 is 0 Å². The molecule has 1 saturated heterocycles. The summed E-state index contributed by atoms with van der Waals surface area (Å²) in [5.41, 5.74) is 3.20. The van der Waals surface area contributed by atoms with Gasteiger partial charge in [0.25, 0.3) is 0 Å². The van der Waals surface area contributed by atoms with E-state index in [1.807, 2.05) is 43.3 Å². The van der Waals surface area contributed by atoms with Crippen molar-refractivity contribution in [3.05, 3.63) is 70.6 Å². The molecule has 2 heterocycles. The fourth-order valence-electron chi connectivity index (χ4n) is 4.09. The molecule has 1 aliphatic rings. The first-order chi connectivity index (χ1) is 15.0. The van der Waals surface area contributed by atoms with E-state index in [0.29, 0.717) is 23.3 Å². The van der Waals surface area contributed by atoms with E-state index < -0.39 is 0 Å². The molecule has 162 valence electrons. The zero-order chi connectivity index (χ0) is 21.8. The monoisotopic (exact) mass is 438 g/mol. The average molecular weight is 439 g/mol. The third kappa shape index (κ3) is 5.32. The van der Waals surface area contributed by atoms with Crippen LogP contribution in [0.15, 0.2) is 53.1 Å². The zero-order valence-electron chi connectivity index (χ0n) is 17.8. The second kappa shape index (κ2) is 9.62. The van der Waals surface area contributed by atoms with Gasteiger partial charge in [0, 0.05) is 16.5 Å². The fraction of sp³-hybridized carbons (Fsp3) is 0.375. The summed E-state index contributed by atoms with van der Waals surface area (Å²) in [6.07, 6.45) is 1.64. The smallest absolute Gasteiger partial charge is 0.241 e. The molecule has 0 saturated carbocycles. The molecule has 1 N–H and O–H groups in total. The molecule has 6 nitrogen and oxygen atoms in total. The minimum absolute atomic E-state index is 0.00929. The number of carbonyl (C=O) groups is 1. The van der Waals surface area contributed by atoms with Gasteiger partial charge in [-0.05, 0) is 63.0 Å². The minimum atomic E-state index is 0.00929. The number of nitrogens with one attached hydrogen (secondary N) is 1. The Bertz CT molecular complexity index is 1040. The van der Waals surface area contributed by atoms with Crippen LogP contribution in [0.2, 0.25) is 5.02 Å². The van der Waals surface area contributed by atoms with Crippen molar-refractivity contribution in [3.8, 4) is 11.4 Å². The molecule has 0 spiro atoms. The number of benzene rings is 2. The highest BCUT2D eigenvalue weighted by Gasteiger charge is 2.27. The van der Waals surface area contributed by atoms with Gasteiger partial charge in [0.05, 0.1) is 12.6 Å². The van der Waals surface area contributed by atoms with Crippen LogP contribution in [0, 0.1) is 12.8 Å². The van der Waals surface area contributed by atoms with Crippen molar-refractivity contribution in [2.24, 2.45) is 5.92 Å². The van der Waals surface area contributed by atoms with Crippen LogP contribution < -0.4 is 5.32 Å². The topological polar surface area (TPSA) is 71.3 Å². The SMILES string of the molecule is Cc1ccccc1C(C)NC(=O)C1CCN(Cc2nc(-c3cccc(Cl)c3)no2)CC1. The Morgan fingerprint density at radius 3 is 2.74 bits per heavy atom. The van der Waals surface area contributed by atoms with Gasteiger partial charge in [0.1, 0.15) is 0 Å². The number of likely N-dealkylation sites (tertiary alicyclic amines) is 1. The number of carbonyl (C=O) groups excluding carboxylic acids is 1. The van der Waals surface area contributed by atoms with E-state index in [0.717, 1.165) is 31.5 Å². The molecule has 1 atom stereocenters. The maximum atomic E-state index is 12.8. The Morgan fingerprint density at radius 1 is 1.23 bits per heavy atom. The third-order valence-corrected chi connectivity index (χ3v) is 6.12. The molecule has 0 bridgehead atoms. The predicted molar refractivity (Wildman–Crippen MR) is 120 cm³/mol. The summed E-state index contributed by atoms with van der Waals surface area (Å²) in [6, 6.07) is 15.6. The van der Waals surface area contributed by atoms with E-state index in [1.165, 1.54) is 11.1 Å². The van der Waals surface area contributed by atoms with Crippen LogP contribution in [0.3, 0.4) is 0 Å². The lowest BCUT2D eigenvalue weighted by Gasteiger charge is -2.31. The van der Waals surface area contributed by atoms with Gasteiger partial charge in [0.15, 0.2) is 0 Å². The maximum absolute atomic E-state index is 12.8. The van der Waals surface area contributed by atoms with Crippen LogP contribution in [0.4, 0.5) is 0 Å². The number of hydrogen-bond acceptors (Lipinski definition) is 5. The van der Waals surface area contributed by atoms with Crippen molar-refractivity contribution < 1.29 is 9.32 Å². The molecule has 0 aliphatic carbocycles. The number of hydrogen-bond donors (Lipinski definition) is 1. The van der Waals surface area contributed by atoms with E-state index in [-0.39, 0.29) is 17.9 Å². The Hall–Kier alpha value is -2.70. The second-order valence-corrected chi connectivity index (χ2v) is 8.60. The van der Waals surface area contributed by atoms with Crippen molar-refractivity contribution in [3.63, 3.8) is 0 Å². The second-order valence-electron chi connectivity index (χ2n) is 8.16. The quantitative estimate of drug-likeness (QED) is 0.599.